The minimum Gasteiger partial charge on any atom is -0.434 e. The average molecular weight is 456 g/mol. The molecule has 12 heteroatoms. The second-order valence-electron chi connectivity index (χ2n) is 7.82. The topological polar surface area (TPSA) is 157 Å². The molecule has 4 amide bonds. The van der Waals surface area contributed by atoms with E-state index in [1.165, 1.54) is 40.5 Å². The van der Waals surface area contributed by atoms with Gasteiger partial charge in [-0.3, -0.25) is 19.5 Å². The Labute approximate surface area is 188 Å². The molecule has 12 nitrogen and oxygen atoms in total. The van der Waals surface area contributed by atoms with Crippen molar-refractivity contribution in [3.8, 4) is 5.69 Å². The molecule has 1 saturated heterocycles. The van der Waals surface area contributed by atoms with Gasteiger partial charge in [0.1, 0.15) is 12.1 Å². The molecule has 33 heavy (non-hydrogen) atoms. The number of amides is 4. The van der Waals surface area contributed by atoms with Gasteiger partial charge in [-0.15, -0.1) is 0 Å². The number of primary amides is 1. The maximum absolute atomic E-state index is 12.6. The summed E-state index contributed by atoms with van der Waals surface area (Å²) in [5.74, 6) is -0.326. The van der Waals surface area contributed by atoms with Crippen molar-refractivity contribution in [1.29, 1.82) is 0 Å². The Morgan fingerprint density at radius 2 is 1.67 bits per heavy atom. The number of piperazine rings is 1. The number of aldehydes is 1. The Balaban J connectivity index is 1.59. The number of anilines is 1. The molecule has 1 aromatic carbocycles. The number of nitrogens with one attached hydrogen (secondary N) is 1. The number of rotatable bonds is 5. The SMILES string of the molecule is CC(C)(OC(N)=O)C(=O)N1CCN(C(=O)Nc2ccn(-c3ccc(C=O)cc3)c(=O)n2)CC1. The molecular weight excluding hydrogens is 432 g/mol. The van der Waals surface area contributed by atoms with E-state index < -0.39 is 29.3 Å². The van der Waals surface area contributed by atoms with Gasteiger partial charge < -0.3 is 20.3 Å². The summed E-state index contributed by atoms with van der Waals surface area (Å²) < 4.78 is 6.15. The first kappa shape index (κ1) is 23.4. The summed E-state index contributed by atoms with van der Waals surface area (Å²) in [6.45, 7) is 3.86. The first-order valence-electron chi connectivity index (χ1n) is 10.1. The second kappa shape index (κ2) is 9.51. The summed E-state index contributed by atoms with van der Waals surface area (Å²) >= 11 is 0. The van der Waals surface area contributed by atoms with Crippen LogP contribution in [0.4, 0.5) is 15.4 Å². The van der Waals surface area contributed by atoms with Crippen LogP contribution < -0.4 is 16.7 Å². The van der Waals surface area contributed by atoms with Gasteiger partial charge >= 0.3 is 17.8 Å². The molecule has 0 atom stereocenters. The van der Waals surface area contributed by atoms with Crippen LogP contribution >= 0.6 is 0 Å². The van der Waals surface area contributed by atoms with Crippen LogP contribution in [0.2, 0.25) is 0 Å². The lowest BCUT2D eigenvalue weighted by molar-refractivity contribution is -0.149. The van der Waals surface area contributed by atoms with Gasteiger partial charge in [-0.05, 0) is 44.2 Å². The molecule has 0 unspecified atom stereocenters. The van der Waals surface area contributed by atoms with Crippen LogP contribution in [0, 0.1) is 0 Å². The van der Waals surface area contributed by atoms with Crippen molar-refractivity contribution in [3.05, 3.63) is 52.6 Å². The molecule has 1 aliphatic heterocycles. The molecule has 2 heterocycles. The summed E-state index contributed by atoms with van der Waals surface area (Å²) in [6, 6.07) is 7.40. The largest absolute Gasteiger partial charge is 0.434 e. The summed E-state index contributed by atoms with van der Waals surface area (Å²) in [6.07, 6.45) is 1.13. The molecule has 0 aliphatic carbocycles. The summed E-state index contributed by atoms with van der Waals surface area (Å²) in [5, 5.41) is 2.58. The van der Waals surface area contributed by atoms with Crippen LogP contribution in [0.15, 0.2) is 41.3 Å². The molecule has 1 aliphatic rings. The number of hydrogen-bond acceptors (Lipinski definition) is 7. The molecule has 1 aromatic heterocycles. The van der Waals surface area contributed by atoms with E-state index in [4.69, 9.17) is 10.5 Å². The minimum atomic E-state index is -1.41. The Morgan fingerprint density at radius 3 is 2.21 bits per heavy atom. The Bertz CT molecular complexity index is 1120. The first-order chi connectivity index (χ1) is 15.6. The summed E-state index contributed by atoms with van der Waals surface area (Å²) in [5.41, 5.74) is 4.02. The molecule has 0 radical (unpaired) electrons. The number of aromatic nitrogens is 2. The standard InChI is InChI=1S/C21H24N6O6/c1-21(2,33-18(22)30)17(29)25-9-11-26(12-10-25)19(31)23-16-7-8-27(20(32)24-16)15-5-3-14(13-28)4-6-15/h3-8,13H,9-12H2,1-2H3,(H2,22,30)(H,23,24,31,32). The molecule has 174 valence electrons. The van der Waals surface area contributed by atoms with Crippen molar-refractivity contribution in [3.63, 3.8) is 0 Å². The van der Waals surface area contributed by atoms with E-state index in [9.17, 15) is 24.0 Å². The van der Waals surface area contributed by atoms with E-state index in [2.05, 4.69) is 10.3 Å². The summed E-state index contributed by atoms with van der Waals surface area (Å²) in [4.78, 5) is 66.1. The number of hydrogen-bond donors (Lipinski definition) is 2. The lowest BCUT2D eigenvalue weighted by Gasteiger charge is -2.37. The number of benzene rings is 1. The highest BCUT2D eigenvalue weighted by Crippen LogP contribution is 2.16. The minimum absolute atomic E-state index is 0.0836. The quantitative estimate of drug-likeness (QED) is 0.624. The van der Waals surface area contributed by atoms with Gasteiger partial charge in [0, 0.05) is 37.9 Å². The highest BCUT2D eigenvalue weighted by atomic mass is 16.6. The first-order valence-corrected chi connectivity index (χ1v) is 10.1. The number of ether oxygens (including phenoxy) is 1. The smallest absolute Gasteiger partial charge is 0.405 e. The zero-order chi connectivity index (χ0) is 24.2. The number of urea groups is 1. The molecule has 0 spiro atoms. The maximum Gasteiger partial charge on any atom is 0.405 e. The van der Waals surface area contributed by atoms with Crippen LogP contribution in [0.5, 0.6) is 0 Å². The Kier molecular flexibility index (Phi) is 6.75. The molecule has 3 rings (SSSR count). The molecule has 1 fully saturated rings. The number of nitrogens with two attached hydrogens (primary N) is 1. The third kappa shape index (κ3) is 5.53. The van der Waals surface area contributed by atoms with Crippen LogP contribution in [0.3, 0.4) is 0 Å². The van der Waals surface area contributed by atoms with Crippen molar-refractivity contribution in [2.24, 2.45) is 5.73 Å². The van der Waals surface area contributed by atoms with E-state index >= 15 is 0 Å². The van der Waals surface area contributed by atoms with Gasteiger partial charge in [0.05, 0.1) is 5.69 Å². The predicted octanol–water partition coefficient (Wildman–Crippen LogP) is 0.595. The monoisotopic (exact) mass is 456 g/mol. The van der Waals surface area contributed by atoms with Crippen molar-refractivity contribution >= 4 is 30.1 Å². The lowest BCUT2D eigenvalue weighted by atomic mass is 10.1. The van der Waals surface area contributed by atoms with Crippen LogP contribution in [0.25, 0.3) is 5.69 Å². The van der Waals surface area contributed by atoms with Gasteiger partial charge in [0.25, 0.3) is 5.91 Å². The van der Waals surface area contributed by atoms with Crippen molar-refractivity contribution in [1.82, 2.24) is 19.4 Å². The normalized spacial score (nSPS) is 13.9. The number of carbonyl (C=O) groups is 4. The fraction of sp³-hybridized carbons (Fsp3) is 0.333. The lowest BCUT2D eigenvalue weighted by Crippen LogP contribution is -2.56. The highest BCUT2D eigenvalue weighted by Gasteiger charge is 2.37. The number of carbonyl (C=O) groups excluding carboxylic acids is 4. The number of nitrogens with zero attached hydrogens (tertiary/aromatic N) is 4. The molecule has 2 aromatic rings. The maximum atomic E-state index is 12.6. The van der Waals surface area contributed by atoms with Crippen LogP contribution in [-0.4, -0.2) is 75.4 Å². The zero-order valence-electron chi connectivity index (χ0n) is 18.2. The molecule has 0 saturated carbocycles. The van der Waals surface area contributed by atoms with Gasteiger partial charge in [0.15, 0.2) is 5.60 Å². The highest BCUT2D eigenvalue weighted by molar-refractivity contribution is 5.89. The second-order valence-corrected chi connectivity index (χ2v) is 7.82. The van der Waals surface area contributed by atoms with Gasteiger partial charge in [-0.2, -0.15) is 4.98 Å². The molecule has 0 bridgehead atoms. The fourth-order valence-electron chi connectivity index (χ4n) is 3.36. The van der Waals surface area contributed by atoms with E-state index in [1.54, 1.807) is 24.3 Å². The van der Waals surface area contributed by atoms with Gasteiger partial charge in [-0.25, -0.2) is 14.4 Å². The van der Waals surface area contributed by atoms with Gasteiger partial charge in [-0.1, -0.05) is 0 Å². The Hall–Kier alpha value is -4.22. The summed E-state index contributed by atoms with van der Waals surface area (Å²) in [7, 11) is 0. The Morgan fingerprint density at radius 1 is 1.06 bits per heavy atom. The third-order valence-electron chi connectivity index (χ3n) is 5.07. The third-order valence-corrected chi connectivity index (χ3v) is 5.07. The van der Waals surface area contributed by atoms with E-state index in [0.717, 1.165) is 0 Å². The average Bonchev–Trinajstić information content (AvgIpc) is 2.78. The fourth-order valence-corrected chi connectivity index (χ4v) is 3.36. The predicted molar refractivity (Wildman–Crippen MR) is 117 cm³/mol. The van der Waals surface area contributed by atoms with Crippen LogP contribution in [0.1, 0.15) is 24.2 Å². The zero-order valence-corrected chi connectivity index (χ0v) is 18.2. The van der Waals surface area contributed by atoms with E-state index in [1.807, 2.05) is 0 Å². The molecular formula is C21H24N6O6. The van der Waals surface area contributed by atoms with E-state index in [-0.39, 0.29) is 32.0 Å². The van der Waals surface area contributed by atoms with E-state index in [0.29, 0.717) is 17.5 Å². The van der Waals surface area contributed by atoms with Crippen molar-refractivity contribution in [2.75, 3.05) is 31.5 Å². The van der Waals surface area contributed by atoms with Crippen molar-refractivity contribution < 1.29 is 23.9 Å². The molecule has 3 N–H and O–H groups in total. The van der Waals surface area contributed by atoms with Crippen LogP contribution in [-0.2, 0) is 9.53 Å². The van der Waals surface area contributed by atoms with Crippen molar-refractivity contribution in [2.45, 2.75) is 19.4 Å². The van der Waals surface area contributed by atoms with Gasteiger partial charge in [0.2, 0.25) is 0 Å².